The van der Waals surface area contributed by atoms with Gasteiger partial charge in [-0.3, -0.25) is 4.79 Å². The second-order valence-electron chi connectivity index (χ2n) is 6.02. The van der Waals surface area contributed by atoms with E-state index in [1.165, 1.54) is 31.5 Å². The van der Waals surface area contributed by atoms with Crippen LogP contribution < -0.4 is 4.90 Å². The van der Waals surface area contributed by atoms with Crippen LogP contribution in [0.1, 0.15) is 25.3 Å². The molecule has 1 saturated heterocycles. The van der Waals surface area contributed by atoms with Gasteiger partial charge in [0.05, 0.1) is 5.92 Å². The number of rotatable bonds is 7. The first-order chi connectivity index (χ1) is 10.1. The lowest BCUT2D eigenvalue weighted by molar-refractivity contribution is -0.140. The third kappa shape index (κ3) is 4.46. The minimum atomic E-state index is -0.727. The van der Waals surface area contributed by atoms with E-state index in [0.717, 1.165) is 18.8 Å². The molecule has 1 aromatic rings. The monoisotopic (exact) mass is 290 g/mol. The molecule has 0 saturated carbocycles. The lowest BCUT2D eigenvalue weighted by Crippen LogP contribution is -2.38. The van der Waals surface area contributed by atoms with Crippen LogP contribution in [0.3, 0.4) is 0 Å². The zero-order valence-corrected chi connectivity index (χ0v) is 13.1. The topological polar surface area (TPSA) is 43.8 Å². The fourth-order valence-electron chi connectivity index (χ4n) is 2.91. The van der Waals surface area contributed by atoms with Gasteiger partial charge in [-0.1, -0.05) is 25.1 Å². The standard InChI is InChI=1S/C17H26N2O2/c1-14-7-3-4-8-16(14)19(13-15(2)17(20)21)12-11-18-9-5-6-10-18/h3-4,7-8,15H,5-6,9-13H2,1-2H3,(H,20,21). The molecule has 116 valence electrons. The van der Waals surface area contributed by atoms with E-state index in [1.54, 1.807) is 6.92 Å². The minimum absolute atomic E-state index is 0.358. The van der Waals surface area contributed by atoms with Crippen LogP contribution in [0.2, 0.25) is 0 Å². The predicted molar refractivity (Wildman–Crippen MR) is 85.9 cm³/mol. The highest BCUT2D eigenvalue weighted by Crippen LogP contribution is 2.21. The first-order valence-electron chi connectivity index (χ1n) is 7.83. The van der Waals surface area contributed by atoms with E-state index in [2.05, 4.69) is 28.9 Å². The largest absolute Gasteiger partial charge is 0.481 e. The molecule has 0 amide bonds. The molecule has 0 bridgehead atoms. The second kappa shape index (κ2) is 7.46. The van der Waals surface area contributed by atoms with Gasteiger partial charge in [0, 0.05) is 25.3 Å². The zero-order valence-electron chi connectivity index (χ0n) is 13.1. The molecule has 2 rings (SSSR count). The Morgan fingerprint density at radius 2 is 2.00 bits per heavy atom. The van der Waals surface area contributed by atoms with Gasteiger partial charge >= 0.3 is 5.97 Å². The van der Waals surface area contributed by atoms with E-state index in [9.17, 15) is 9.90 Å². The van der Waals surface area contributed by atoms with E-state index in [4.69, 9.17) is 0 Å². The van der Waals surface area contributed by atoms with Gasteiger partial charge in [-0.2, -0.15) is 0 Å². The maximum Gasteiger partial charge on any atom is 0.308 e. The van der Waals surface area contributed by atoms with Gasteiger partial charge in [0.15, 0.2) is 0 Å². The van der Waals surface area contributed by atoms with Gasteiger partial charge in [-0.25, -0.2) is 0 Å². The molecule has 1 heterocycles. The Hall–Kier alpha value is -1.55. The van der Waals surface area contributed by atoms with E-state index < -0.39 is 5.97 Å². The van der Waals surface area contributed by atoms with E-state index in [0.29, 0.717) is 6.54 Å². The Morgan fingerprint density at radius 3 is 2.62 bits per heavy atom. The van der Waals surface area contributed by atoms with Crippen molar-refractivity contribution in [1.29, 1.82) is 0 Å². The average molecular weight is 290 g/mol. The molecule has 1 unspecified atom stereocenters. The highest BCUT2D eigenvalue weighted by molar-refractivity contribution is 5.70. The number of hydrogen-bond acceptors (Lipinski definition) is 3. The molecule has 21 heavy (non-hydrogen) atoms. The molecule has 1 atom stereocenters. The Bertz CT molecular complexity index is 470. The number of aryl methyl sites for hydroxylation is 1. The van der Waals surface area contributed by atoms with Crippen LogP contribution in [-0.4, -0.2) is 48.7 Å². The number of nitrogens with zero attached hydrogens (tertiary/aromatic N) is 2. The summed E-state index contributed by atoms with van der Waals surface area (Å²) < 4.78 is 0. The highest BCUT2D eigenvalue weighted by atomic mass is 16.4. The molecule has 1 aliphatic heterocycles. The number of carboxylic acids is 1. The summed E-state index contributed by atoms with van der Waals surface area (Å²) in [6, 6.07) is 8.23. The minimum Gasteiger partial charge on any atom is -0.481 e. The Kier molecular flexibility index (Phi) is 5.62. The summed E-state index contributed by atoms with van der Waals surface area (Å²) in [4.78, 5) is 15.9. The van der Waals surface area contributed by atoms with Gasteiger partial charge in [0.1, 0.15) is 0 Å². The zero-order chi connectivity index (χ0) is 15.2. The normalized spacial score (nSPS) is 16.9. The fraction of sp³-hybridized carbons (Fsp3) is 0.588. The van der Waals surface area contributed by atoms with E-state index in [1.807, 2.05) is 12.1 Å². The van der Waals surface area contributed by atoms with Gasteiger partial charge in [-0.05, 0) is 44.5 Å². The summed E-state index contributed by atoms with van der Waals surface area (Å²) >= 11 is 0. The van der Waals surface area contributed by atoms with Gasteiger partial charge in [-0.15, -0.1) is 0 Å². The molecule has 0 spiro atoms. The Balaban J connectivity index is 2.05. The molecule has 4 heteroatoms. The molecule has 1 aliphatic rings. The van der Waals surface area contributed by atoms with Crippen molar-refractivity contribution in [3.05, 3.63) is 29.8 Å². The van der Waals surface area contributed by atoms with Crippen molar-refractivity contribution >= 4 is 11.7 Å². The van der Waals surface area contributed by atoms with Crippen molar-refractivity contribution in [3.8, 4) is 0 Å². The number of anilines is 1. The van der Waals surface area contributed by atoms with Crippen molar-refractivity contribution in [3.63, 3.8) is 0 Å². The molecule has 0 aliphatic carbocycles. The summed E-state index contributed by atoms with van der Waals surface area (Å²) in [6.07, 6.45) is 2.58. The van der Waals surface area contributed by atoms with E-state index >= 15 is 0 Å². The smallest absolute Gasteiger partial charge is 0.308 e. The van der Waals surface area contributed by atoms with Crippen molar-refractivity contribution in [2.24, 2.45) is 5.92 Å². The first kappa shape index (κ1) is 15.8. The molecule has 0 aromatic heterocycles. The molecule has 1 fully saturated rings. The number of likely N-dealkylation sites (tertiary alicyclic amines) is 1. The quantitative estimate of drug-likeness (QED) is 0.838. The lowest BCUT2D eigenvalue weighted by atomic mass is 10.1. The summed E-state index contributed by atoms with van der Waals surface area (Å²) in [7, 11) is 0. The van der Waals surface area contributed by atoms with Crippen LogP contribution in [-0.2, 0) is 4.79 Å². The van der Waals surface area contributed by atoms with Crippen LogP contribution >= 0.6 is 0 Å². The molecule has 4 nitrogen and oxygen atoms in total. The summed E-state index contributed by atoms with van der Waals surface area (Å²) in [5, 5.41) is 9.19. The molecular weight excluding hydrogens is 264 g/mol. The number of benzene rings is 1. The maximum absolute atomic E-state index is 11.2. The Labute approximate surface area is 127 Å². The van der Waals surface area contributed by atoms with Crippen molar-refractivity contribution in [2.75, 3.05) is 37.6 Å². The van der Waals surface area contributed by atoms with Crippen LogP contribution in [0.4, 0.5) is 5.69 Å². The maximum atomic E-state index is 11.2. The van der Waals surface area contributed by atoms with Crippen LogP contribution in [0.15, 0.2) is 24.3 Å². The molecule has 1 aromatic carbocycles. The van der Waals surface area contributed by atoms with Gasteiger partial charge < -0.3 is 14.9 Å². The number of carboxylic acid groups (broad SMARTS) is 1. The number of carbonyl (C=O) groups is 1. The third-order valence-electron chi connectivity index (χ3n) is 4.26. The highest BCUT2D eigenvalue weighted by Gasteiger charge is 2.19. The lowest BCUT2D eigenvalue weighted by Gasteiger charge is -2.30. The first-order valence-corrected chi connectivity index (χ1v) is 7.83. The van der Waals surface area contributed by atoms with Gasteiger partial charge in [0.25, 0.3) is 0 Å². The second-order valence-corrected chi connectivity index (χ2v) is 6.02. The average Bonchev–Trinajstić information content (AvgIpc) is 2.97. The summed E-state index contributed by atoms with van der Waals surface area (Å²) in [5.41, 5.74) is 2.36. The summed E-state index contributed by atoms with van der Waals surface area (Å²) in [5.74, 6) is -1.09. The summed E-state index contributed by atoms with van der Waals surface area (Å²) in [6.45, 7) is 8.69. The van der Waals surface area contributed by atoms with Crippen molar-refractivity contribution in [2.45, 2.75) is 26.7 Å². The van der Waals surface area contributed by atoms with Gasteiger partial charge in [0.2, 0.25) is 0 Å². The Morgan fingerprint density at radius 1 is 1.33 bits per heavy atom. The van der Waals surface area contributed by atoms with Crippen molar-refractivity contribution < 1.29 is 9.90 Å². The molecular formula is C17H26N2O2. The fourth-order valence-corrected chi connectivity index (χ4v) is 2.91. The van der Waals surface area contributed by atoms with Crippen LogP contribution in [0.5, 0.6) is 0 Å². The van der Waals surface area contributed by atoms with E-state index in [-0.39, 0.29) is 5.92 Å². The SMILES string of the molecule is Cc1ccccc1N(CCN1CCCC1)CC(C)C(=O)O. The van der Waals surface area contributed by atoms with Crippen LogP contribution in [0.25, 0.3) is 0 Å². The molecule has 0 radical (unpaired) electrons. The molecule has 1 N–H and O–H groups in total. The number of hydrogen-bond donors (Lipinski definition) is 1. The van der Waals surface area contributed by atoms with Crippen LogP contribution in [0, 0.1) is 12.8 Å². The number of para-hydroxylation sites is 1. The third-order valence-corrected chi connectivity index (χ3v) is 4.26. The number of aliphatic carboxylic acids is 1. The van der Waals surface area contributed by atoms with Crippen molar-refractivity contribution in [1.82, 2.24) is 4.90 Å². The predicted octanol–water partition coefficient (Wildman–Crippen LogP) is 2.62.